The Kier molecular flexibility index (Phi) is 5.74. The fraction of sp³-hybridized carbons (Fsp3) is 0.444. The van der Waals surface area contributed by atoms with Crippen molar-refractivity contribution in [2.24, 2.45) is 0 Å². The van der Waals surface area contributed by atoms with Crippen LogP contribution in [0.1, 0.15) is 25.8 Å². The van der Waals surface area contributed by atoms with Crippen molar-refractivity contribution in [2.45, 2.75) is 26.3 Å². The lowest BCUT2D eigenvalue weighted by atomic mass is 10.1. The number of rotatable bonds is 5. The zero-order valence-corrected chi connectivity index (χ0v) is 17.3. The second kappa shape index (κ2) is 7.70. The van der Waals surface area contributed by atoms with Crippen LogP contribution in [0.4, 0.5) is 5.69 Å². The zero-order chi connectivity index (χ0) is 18.9. The highest BCUT2D eigenvalue weighted by Gasteiger charge is 2.42. The molecule has 1 aromatic carbocycles. The van der Waals surface area contributed by atoms with Crippen LogP contribution in [0.2, 0.25) is 0 Å². The summed E-state index contributed by atoms with van der Waals surface area (Å²) in [6.45, 7) is 6.12. The Bertz CT molecular complexity index is 843. The van der Waals surface area contributed by atoms with Crippen molar-refractivity contribution in [3.8, 4) is 0 Å². The smallest absolute Gasteiger partial charge is 0.266 e. The first-order valence-corrected chi connectivity index (χ1v) is 11.7. The molecule has 1 unspecified atom stereocenters. The lowest BCUT2D eigenvalue weighted by Gasteiger charge is -2.21. The highest BCUT2D eigenvalue weighted by Crippen LogP contribution is 2.36. The average molecular weight is 411 g/mol. The number of nitrogens with zero attached hydrogens (tertiary/aromatic N) is 2. The number of thioether (sulfide) groups is 1. The van der Waals surface area contributed by atoms with Crippen LogP contribution < -0.4 is 4.90 Å². The van der Waals surface area contributed by atoms with Gasteiger partial charge in [-0.2, -0.15) is 0 Å². The molecule has 0 N–H and O–H groups in total. The van der Waals surface area contributed by atoms with Crippen LogP contribution in [0.25, 0.3) is 6.08 Å². The van der Waals surface area contributed by atoms with Gasteiger partial charge in [-0.05, 0) is 44.0 Å². The second-order valence-electron chi connectivity index (χ2n) is 6.37. The topological polar surface area (TPSA) is 57.7 Å². The van der Waals surface area contributed by atoms with E-state index in [1.807, 2.05) is 30.3 Å². The second-order valence-corrected chi connectivity index (χ2v) is 10.3. The molecule has 0 aromatic heterocycles. The molecule has 2 aliphatic heterocycles. The number of amides is 1. The Balaban J connectivity index is 1.78. The van der Waals surface area contributed by atoms with Crippen LogP contribution in [0.5, 0.6) is 0 Å². The molecule has 26 heavy (non-hydrogen) atoms. The Labute approximate surface area is 164 Å². The summed E-state index contributed by atoms with van der Waals surface area (Å²) in [6.07, 6.45) is 2.29. The fourth-order valence-electron chi connectivity index (χ4n) is 3.30. The van der Waals surface area contributed by atoms with Crippen molar-refractivity contribution in [1.82, 2.24) is 4.90 Å². The standard InChI is InChI=1S/C18H22N2O3S3/c1-3-19(4-2)14-7-5-13(6-8-14)11-16-17(21)20(18(24)25-16)15-9-10-26(22,23)12-15/h5-8,11,15H,3-4,9-10,12H2,1-2H3/b16-11+. The van der Waals surface area contributed by atoms with Gasteiger partial charge < -0.3 is 4.90 Å². The molecule has 0 aliphatic carbocycles. The molecule has 5 nitrogen and oxygen atoms in total. The minimum Gasteiger partial charge on any atom is -0.372 e. The van der Waals surface area contributed by atoms with Gasteiger partial charge >= 0.3 is 0 Å². The number of sulfone groups is 1. The SMILES string of the molecule is CCN(CC)c1ccc(/C=C2/SC(=S)N(C3CCS(=O)(=O)C3)C2=O)cc1. The maximum absolute atomic E-state index is 12.7. The van der Waals surface area contributed by atoms with Crippen molar-refractivity contribution in [3.63, 3.8) is 0 Å². The Morgan fingerprint density at radius 3 is 2.46 bits per heavy atom. The third kappa shape index (κ3) is 3.97. The molecule has 0 spiro atoms. The fourth-order valence-corrected chi connectivity index (χ4v) is 6.40. The summed E-state index contributed by atoms with van der Waals surface area (Å²) in [4.78, 5) is 17.0. The Morgan fingerprint density at radius 2 is 1.92 bits per heavy atom. The molecule has 2 aliphatic rings. The number of hydrogen-bond acceptors (Lipinski definition) is 6. The van der Waals surface area contributed by atoms with Gasteiger partial charge in [-0.15, -0.1) is 0 Å². The molecule has 2 fully saturated rings. The first-order chi connectivity index (χ1) is 12.3. The normalized spacial score (nSPS) is 23.8. The maximum atomic E-state index is 12.7. The van der Waals surface area contributed by atoms with Gasteiger partial charge in [-0.1, -0.05) is 36.1 Å². The summed E-state index contributed by atoms with van der Waals surface area (Å²) in [5.41, 5.74) is 2.08. The van der Waals surface area contributed by atoms with Gasteiger partial charge in [-0.3, -0.25) is 9.69 Å². The van der Waals surface area contributed by atoms with Crippen molar-refractivity contribution in [1.29, 1.82) is 0 Å². The molecule has 2 saturated heterocycles. The van der Waals surface area contributed by atoms with E-state index in [2.05, 4.69) is 18.7 Å². The van der Waals surface area contributed by atoms with Crippen LogP contribution in [0, 0.1) is 0 Å². The summed E-state index contributed by atoms with van der Waals surface area (Å²) >= 11 is 6.58. The third-order valence-corrected chi connectivity index (χ3v) is 7.80. The molecule has 0 bridgehead atoms. The van der Waals surface area contributed by atoms with E-state index in [1.165, 1.54) is 16.7 Å². The van der Waals surface area contributed by atoms with Crippen molar-refractivity contribution in [3.05, 3.63) is 34.7 Å². The molecule has 140 valence electrons. The summed E-state index contributed by atoms with van der Waals surface area (Å²) in [6, 6.07) is 7.73. The lowest BCUT2D eigenvalue weighted by Crippen LogP contribution is -2.39. The van der Waals surface area contributed by atoms with Gasteiger partial charge in [0.05, 0.1) is 22.5 Å². The summed E-state index contributed by atoms with van der Waals surface area (Å²) < 4.78 is 23.9. The highest BCUT2D eigenvalue weighted by atomic mass is 32.2. The van der Waals surface area contributed by atoms with Crippen LogP contribution in [-0.4, -0.2) is 54.2 Å². The van der Waals surface area contributed by atoms with Crippen molar-refractivity contribution in [2.75, 3.05) is 29.5 Å². The lowest BCUT2D eigenvalue weighted by molar-refractivity contribution is -0.123. The number of benzene rings is 1. The minimum absolute atomic E-state index is 0.00525. The highest BCUT2D eigenvalue weighted by molar-refractivity contribution is 8.26. The van der Waals surface area contributed by atoms with E-state index in [4.69, 9.17) is 12.2 Å². The molecule has 3 rings (SSSR count). The minimum atomic E-state index is -3.06. The zero-order valence-electron chi connectivity index (χ0n) is 14.8. The third-order valence-electron chi connectivity index (χ3n) is 4.72. The van der Waals surface area contributed by atoms with Crippen LogP contribution in [-0.2, 0) is 14.6 Å². The van der Waals surface area contributed by atoms with E-state index in [1.54, 1.807) is 0 Å². The molecule has 1 aromatic rings. The first kappa shape index (κ1) is 19.4. The predicted octanol–water partition coefficient (Wildman–Crippen LogP) is 2.92. The van der Waals surface area contributed by atoms with Gasteiger partial charge in [0.1, 0.15) is 4.32 Å². The predicted molar refractivity (Wildman–Crippen MR) is 112 cm³/mol. The van der Waals surface area contributed by atoms with Gasteiger partial charge in [0.15, 0.2) is 9.84 Å². The van der Waals surface area contributed by atoms with Gasteiger partial charge in [-0.25, -0.2) is 8.42 Å². The van der Waals surface area contributed by atoms with E-state index in [0.717, 1.165) is 24.3 Å². The van der Waals surface area contributed by atoms with E-state index in [-0.39, 0.29) is 23.5 Å². The average Bonchev–Trinajstić information content (AvgIpc) is 3.09. The van der Waals surface area contributed by atoms with Gasteiger partial charge in [0, 0.05) is 18.8 Å². The van der Waals surface area contributed by atoms with Crippen LogP contribution in [0.15, 0.2) is 29.2 Å². The van der Waals surface area contributed by atoms with E-state index >= 15 is 0 Å². The summed E-state index contributed by atoms with van der Waals surface area (Å²) in [5.74, 6) is -0.0544. The number of anilines is 1. The molecular weight excluding hydrogens is 388 g/mol. The summed E-state index contributed by atoms with van der Waals surface area (Å²) in [5, 5.41) is 0. The van der Waals surface area contributed by atoms with E-state index in [0.29, 0.717) is 15.6 Å². The quantitative estimate of drug-likeness (QED) is 0.550. The number of thiocarbonyl (C=S) groups is 1. The number of carbonyl (C=O) groups is 1. The van der Waals surface area contributed by atoms with Gasteiger partial charge in [0.25, 0.3) is 5.91 Å². The monoisotopic (exact) mass is 410 g/mol. The number of hydrogen-bond donors (Lipinski definition) is 0. The molecule has 2 heterocycles. The van der Waals surface area contributed by atoms with E-state index in [9.17, 15) is 13.2 Å². The van der Waals surface area contributed by atoms with Crippen LogP contribution >= 0.6 is 24.0 Å². The molecular formula is C18H22N2O3S3. The molecule has 1 atom stereocenters. The Morgan fingerprint density at radius 1 is 1.27 bits per heavy atom. The van der Waals surface area contributed by atoms with Gasteiger partial charge in [0.2, 0.25) is 0 Å². The first-order valence-electron chi connectivity index (χ1n) is 8.67. The molecule has 0 saturated carbocycles. The molecule has 0 radical (unpaired) electrons. The van der Waals surface area contributed by atoms with Crippen molar-refractivity contribution < 1.29 is 13.2 Å². The largest absolute Gasteiger partial charge is 0.372 e. The molecule has 1 amide bonds. The summed E-state index contributed by atoms with van der Waals surface area (Å²) in [7, 11) is -3.06. The number of carbonyl (C=O) groups excluding carboxylic acids is 1. The Hall–Kier alpha value is -1.38. The van der Waals surface area contributed by atoms with Crippen LogP contribution in [0.3, 0.4) is 0 Å². The molecule has 8 heteroatoms. The maximum Gasteiger partial charge on any atom is 0.266 e. The van der Waals surface area contributed by atoms with Crippen molar-refractivity contribution >= 4 is 55.8 Å². The van der Waals surface area contributed by atoms with E-state index < -0.39 is 9.84 Å².